The maximum atomic E-state index is 12.2. The third kappa shape index (κ3) is 2.32. The lowest BCUT2D eigenvalue weighted by molar-refractivity contribution is -0.129. The predicted molar refractivity (Wildman–Crippen MR) is 95.0 cm³/mol. The van der Waals surface area contributed by atoms with Crippen molar-refractivity contribution in [3.05, 3.63) is 76.6 Å². The van der Waals surface area contributed by atoms with Gasteiger partial charge in [0.15, 0.2) is 5.70 Å². The van der Waals surface area contributed by atoms with Crippen LogP contribution in [-0.4, -0.2) is 16.4 Å². The maximum Gasteiger partial charge on any atom is 0.363 e. The molecule has 4 rings (SSSR count). The van der Waals surface area contributed by atoms with E-state index in [4.69, 9.17) is 16.3 Å². The lowest BCUT2D eigenvalue weighted by Gasteiger charge is -1.97. The highest BCUT2D eigenvalue weighted by atomic mass is 35.5. The van der Waals surface area contributed by atoms with Crippen LogP contribution >= 0.6 is 11.6 Å². The van der Waals surface area contributed by atoms with Crippen LogP contribution in [0.1, 0.15) is 11.1 Å². The average Bonchev–Trinajstić information content (AvgIpc) is 3.10. The number of nitrogens with zero attached hydrogens (tertiary/aromatic N) is 2. The molecule has 4 nitrogen and oxygen atoms in total. The largest absolute Gasteiger partial charge is 0.402 e. The number of benzene rings is 2. The van der Waals surface area contributed by atoms with E-state index in [1.54, 1.807) is 6.08 Å². The van der Waals surface area contributed by atoms with Crippen molar-refractivity contribution in [1.82, 2.24) is 4.57 Å². The van der Waals surface area contributed by atoms with Crippen LogP contribution in [0.4, 0.5) is 0 Å². The van der Waals surface area contributed by atoms with Gasteiger partial charge >= 0.3 is 5.97 Å². The first kappa shape index (κ1) is 14.7. The van der Waals surface area contributed by atoms with Gasteiger partial charge in [-0.1, -0.05) is 48.0 Å². The fourth-order valence-electron chi connectivity index (χ4n) is 2.78. The number of ether oxygens (including phenoxy) is 1. The van der Waals surface area contributed by atoms with E-state index in [9.17, 15) is 4.79 Å². The monoisotopic (exact) mass is 336 g/mol. The molecule has 0 spiro atoms. The number of fused-ring (bicyclic) bond motifs is 1. The van der Waals surface area contributed by atoms with Crippen molar-refractivity contribution in [2.24, 2.45) is 12.0 Å². The van der Waals surface area contributed by atoms with Gasteiger partial charge in [0.25, 0.3) is 0 Å². The van der Waals surface area contributed by atoms with Crippen LogP contribution in [0.15, 0.2) is 65.3 Å². The number of hydrogen-bond donors (Lipinski definition) is 0. The molecule has 2 aromatic carbocycles. The molecule has 0 radical (unpaired) electrons. The number of rotatable bonds is 2. The normalized spacial score (nSPS) is 15.8. The Morgan fingerprint density at radius 1 is 1.08 bits per heavy atom. The summed E-state index contributed by atoms with van der Waals surface area (Å²) in [5.74, 6) is -0.166. The molecular weight excluding hydrogens is 324 g/mol. The van der Waals surface area contributed by atoms with Gasteiger partial charge in [-0.3, -0.25) is 0 Å². The van der Waals surface area contributed by atoms with Crippen LogP contribution in [-0.2, 0) is 16.6 Å². The Morgan fingerprint density at radius 3 is 2.58 bits per heavy atom. The molecule has 2 heterocycles. The van der Waals surface area contributed by atoms with Crippen molar-refractivity contribution < 1.29 is 9.53 Å². The van der Waals surface area contributed by atoms with E-state index in [0.29, 0.717) is 11.1 Å². The van der Waals surface area contributed by atoms with Crippen molar-refractivity contribution in [2.45, 2.75) is 0 Å². The van der Waals surface area contributed by atoms with E-state index in [1.807, 2.05) is 66.2 Å². The second-order valence-electron chi connectivity index (χ2n) is 5.48. The number of carbonyl (C=O) groups is 1. The second kappa shape index (κ2) is 5.65. The van der Waals surface area contributed by atoms with Gasteiger partial charge in [-0.2, -0.15) is 0 Å². The van der Waals surface area contributed by atoms with Gasteiger partial charge in [-0.05, 0) is 24.3 Å². The number of aliphatic imine (C=N–C) groups is 1. The summed E-state index contributed by atoms with van der Waals surface area (Å²) in [7, 11) is 1.89. The highest BCUT2D eigenvalue weighted by Gasteiger charge is 2.25. The van der Waals surface area contributed by atoms with Gasteiger partial charge in [0.05, 0.1) is 0 Å². The molecular formula is C19H13ClN2O2. The standard InChI is InChI=1S/C19H13ClN2O2/c1-22-16-10-6-5-9-13(16)14(17(22)20)11-15-19(23)24-18(21-15)12-7-3-2-4-8-12/h2-11H,1H3/b15-11+. The number of halogens is 1. The summed E-state index contributed by atoms with van der Waals surface area (Å²) in [6, 6.07) is 17.2. The van der Waals surface area contributed by atoms with Crippen LogP contribution in [0.2, 0.25) is 5.15 Å². The van der Waals surface area contributed by atoms with E-state index >= 15 is 0 Å². The molecule has 5 heteroatoms. The first-order valence-corrected chi connectivity index (χ1v) is 7.84. The molecule has 118 valence electrons. The smallest absolute Gasteiger partial charge is 0.363 e. The minimum Gasteiger partial charge on any atom is -0.402 e. The van der Waals surface area contributed by atoms with Crippen molar-refractivity contribution in [3.8, 4) is 0 Å². The van der Waals surface area contributed by atoms with E-state index in [0.717, 1.165) is 22.0 Å². The highest BCUT2D eigenvalue weighted by molar-refractivity contribution is 6.33. The fraction of sp³-hybridized carbons (Fsp3) is 0.0526. The Labute approximate surface area is 143 Å². The number of esters is 1. The third-order valence-corrected chi connectivity index (χ3v) is 4.45. The number of aryl methyl sites for hydroxylation is 1. The first-order chi connectivity index (χ1) is 11.6. The van der Waals surface area contributed by atoms with E-state index in [-0.39, 0.29) is 5.70 Å². The Balaban J connectivity index is 1.83. The number of aromatic nitrogens is 1. The lowest BCUT2D eigenvalue weighted by Crippen LogP contribution is -2.04. The van der Waals surface area contributed by atoms with E-state index in [1.165, 1.54) is 0 Å². The Bertz CT molecular complexity index is 1020. The molecule has 0 saturated heterocycles. The van der Waals surface area contributed by atoms with Crippen molar-refractivity contribution in [3.63, 3.8) is 0 Å². The quantitative estimate of drug-likeness (QED) is 0.520. The molecule has 0 N–H and O–H groups in total. The van der Waals surface area contributed by atoms with Gasteiger partial charge in [-0.15, -0.1) is 0 Å². The molecule has 0 fully saturated rings. The molecule has 0 aliphatic carbocycles. The summed E-state index contributed by atoms with van der Waals surface area (Å²) in [6.45, 7) is 0. The summed E-state index contributed by atoms with van der Waals surface area (Å²) >= 11 is 6.43. The van der Waals surface area contributed by atoms with Gasteiger partial charge in [-0.25, -0.2) is 9.79 Å². The van der Waals surface area contributed by atoms with Crippen molar-refractivity contribution in [1.29, 1.82) is 0 Å². The van der Waals surface area contributed by atoms with Crippen molar-refractivity contribution in [2.75, 3.05) is 0 Å². The van der Waals surface area contributed by atoms with Crippen LogP contribution in [0.3, 0.4) is 0 Å². The zero-order chi connectivity index (χ0) is 16.7. The van der Waals surface area contributed by atoms with Gasteiger partial charge in [0.1, 0.15) is 5.15 Å². The summed E-state index contributed by atoms with van der Waals surface area (Å²) in [4.78, 5) is 16.5. The van der Waals surface area contributed by atoms with Crippen molar-refractivity contribution >= 4 is 40.4 Å². The van der Waals surface area contributed by atoms with Crippen LogP contribution < -0.4 is 0 Å². The Kier molecular flexibility index (Phi) is 3.47. The molecule has 24 heavy (non-hydrogen) atoms. The summed E-state index contributed by atoms with van der Waals surface area (Å²) in [5, 5.41) is 1.52. The van der Waals surface area contributed by atoms with Crippen LogP contribution in [0, 0.1) is 0 Å². The van der Waals surface area contributed by atoms with E-state index < -0.39 is 5.97 Å². The van der Waals surface area contributed by atoms with E-state index in [2.05, 4.69) is 4.99 Å². The lowest BCUT2D eigenvalue weighted by atomic mass is 10.1. The molecule has 1 aliphatic heterocycles. The second-order valence-corrected chi connectivity index (χ2v) is 5.84. The minimum absolute atomic E-state index is 0.243. The molecule has 0 unspecified atom stereocenters. The molecule has 0 amide bonds. The molecule has 1 aromatic heterocycles. The minimum atomic E-state index is -0.474. The summed E-state index contributed by atoms with van der Waals surface area (Å²) in [5.41, 5.74) is 2.76. The SMILES string of the molecule is Cn1c(Cl)c(/C=C2/N=C(c3ccccc3)OC2=O)c2ccccc21. The number of para-hydroxylation sites is 1. The average molecular weight is 337 g/mol. The topological polar surface area (TPSA) is 43.6 Å². The maximum absolute atomic E-state index is 12.2. The third-order valence-electron chi connectivity index (χ3n) is 3.99. The fourth-order valence-corrected chi connectivity index (χ4v) is 3.03. The number of carbonyl (C=O) groups excluding carboxylic acids is 1. The number of cyclic esters (lactones) is 1. The molecule has 1 aliphatic rings. The zero-order valence-electron chi connectivity index (χ0n) is 12.9. The molecule has 0 saturated carbocycles. The Hall–Kier alpha value is -2.85. The first-order valence-electron chi connectivity index (χ1n) is 7.46. The van der Waals surface area contributed by atoms with Gasteiger partial charge in [0, 0.05) is 29.1 Å². The van der Waals surface area contributed by atoms with Crippen LogP contribution in [0.25, 0.3) is 17.0 Å². The van der Waals surface area contributed by atoms with Gasteiger partial charge < -0.3 is 9.30 Å². The number of hydrogen-bond acceptors (Lipinski definition) is 3. The molecule has 0 bridgehead atoms. The summed E-state index contributed by atoms with van der Waals surface area (Å²) in [6.07, 6.45) is 1.68. The predicted octanol–water partition coefficient (Wildman–Crippen LogP) is 4.18. The molecule has 3 aromatic rings. The molecule has 0 atom stereocenters. The summed E-state index contributed by atoms with van der Waals surface area (Å²) < 4.78 is 7.16. The Morgan fingerprint density at radius 2 is 1.79 bits per heavy atom. The zero-order valence-corrected chi connectivity index (χ0v) is 13.6. The highest BCUT2D eigenvalue weighted by Crippen LogP contribution is 2.32. The van der Waals surface area contributed by atoms with Crippen LogP contribution in [0.5, 0.6) is 0 Å². The van der Waals surface area contributed by atoms with Gasteiger partial charge in [0.2, 0.25) is 5.90 Å².